The predicted molar refractivity (Wildman–Crippen MR) is 103 cm³/mol. The van der Waals surface area contributed by atoms with E-state index in [4.69, 9.17) is 14.2 Å². The second-order valence-electron chi connectivity index (χ2n) is 7.76. The molecule has 4 nitrogen and oxygen atoms in total. The molecule has 2 unspecified atom stereocenters. The van der Waals surface area contributed by atoms with E-state index in [-0.39, 0.29) is 5.41 Å². The van der Waals surface area contributed by atoms with Crippen molar-refractivity contribution in [2.24, 2.45) is 0 Å². The fraction of sp³-hybridized carbons (Fsp3) is 0.455. The SMILES string of the molecule is C(OCC1CO1)C1CO1.CC(C)(C)c1cccc(O)c1-c1ccccc1. The van der Waals surface area contributed by atoms with Gasteiger partial charge in [0.15, 0.2) is 0 Å². The quantitative estimate of drug-likeness (QED) is 0.818. The Morgan fingerprint density at radius 2 is 1.50 bits per heavy atom. The van der Waals surface area contributed by atoms with Gasteiger partial charge in [-0.15, -0.1) is 0 Å². The standard InChI is InChI=1S/C16H18O.C6H10O3/c1-16(2,3)13-10-7-11-14(17)15(13)12-8-5-4-6-9-12;1(5-3-8-5)7-2-6-4-9-6/h4-11,17H,1-3H3;5-6H,1-4H2. The van der Waals surface area contributed by atoms with E-state index in [1.165, 1.54) is 5.56 Å². The molecule has 140 valence electrons. The van der Waals surface area contributed by atoms with E-state index < -0.39 is 0 Å². The molecule has 2 aromatic carbocycles. The minimum Gasteiger partial charge on any atom is -0.507 e. The first-order valence-electron chi connectivity index (χ1n) is 9.14. The lowest BCUT2D eigenvalue weighted by molar-refractivity contribution is 0.102. The molecule has 0 aliphatic carbocycles. The Hall–Kier alpha value is -1.88. The average Bonchev–Trinajstić information content (AvgIpc) is 3.51. The Bertz CT molecular complexity index is 686. The van der Waals surface area contributed by atoms with Crippen LogP contribution in [0.25, 0.3) is 11.1 Å². The highest BCUT2D eigenvalue weighted by Crippen LogP contribution is 2.38. The largest absolute Gasteiger partial charge is 0.507 e. The normalized spacial score (nSPS) is 20.9. The molecular formula is C22H28O4. The monoisotopic (exact) mass is 356 g/mol. The van der Waals surface area contributed by atoms with Gasteiger partial charge in [-0.3, -0.25) is 0 Å². The summed E-state index contributed by atoms with van der Waals surface area (Å²) in [6.07, 6.45) is 0.785. The van der Waals surface area contributed by atoms with Crippen LogP contribution in [0.2, 0.25) is 0 Å². The van der Waals surface area contributed by atoms with Gasteiger partial charge < -0.3 is 19.3 Å². The number of aromatic hydroxyl groups is 1. The summed E-state index contributed by atoms with van der Waals surface area (Å²) in [6, 6.07) is 15.8. The Labute approximate surface area is 155 Å². The van der Waals surface area contributed by atoms with E-state index in [9.17, 15) is 5.11 Å². The number of benzene rings is 2. The highest BCUT2D eigenvalue weighted by atomic mass is 16.6. The summed E-state index contributed by atoms with van der Waals surface area (Å²) < 4.78 is 15.1. The maximum atomic E-state index is 10.1. The lowest BCUT2D eigenvalue weighted by Crippen LogP contribution is -2.12. The smallest absolute Gasteiger partial charge is 0.123 e. The summed E-state index contributed by atoms with van der Waals surface area (Å²) in [6.45, 7) is 9.74. The lowest BCUT2D eigenvalue weighted by atomic mass is 9.81. The summed E-state index contributed by atoms with van der Waals surface area (Å²) in [5.41, 5.74) is 3.20. The molecular weight excluding hydrogens is 328 g/mol. The minimum absolute atomic E-state index is 0.0178. The van der Waals surface area contributed by atoms with Gasteiger partial charge in [0.25, 0.3) is 0 Å². The van der Waals surface area contributed by atoms with Gasteiger partial charge >= 0.3 is 0 Å². The van der Waals surface area contributed by atoms with Gasteiger partial charge in [-0.25, -0.2) is 0 Å². The number of phenolic OH excluding ortho intramolecular Hbond substituents is 1. The average molecular weight is 356 g/mol. The van der Waals surface area contributed by atoms with Gasteiger partial charge in [-0.05, 0) is 22.6 Å². The van der Waals surface area contributed by atoms with Crippen LogP contribution in [0.4, 0.5) is 0 Å². The molecule has 0 aromatic heterocycles. The second-order valence-corrected chi connectivity index (χ2v) is 7.76. The third kappa shape index (κ3) is 5.56. The van der Waals surface area contributed by atoms with Crippen LogP contribution in [0.3, 0.4) is 0 Å². The summed E-state index contributed by atoms with van der Waals surface area (Å²) in [7, 11) is 0. The molecule has 0 saturated carbocycles. The Morgan fingerprint density at radius 1 is 0.923 bits per heavy atom. The number of hydrogen-bond acceptors (Lipinski definition) is 4. The van der Waals surface area contributed by atoms with Gasteiger partial charge in [0.1, 0.15) is 18.0 Å². The molecule has 0 bridgehead atoms. The van der Waals surface area contributed by atoms with E-state index in [2.05, 4.69) is 26.8 Å². The summed E-state index contributed by atoms with van der Waals surface area (Å²) in [5.74, 6) is 0.351. The van der Waals surface area contributed by atoms with Crippen molar-refractivity contribution in [1.82, 2.24) is 0 Å². The fourth-order valence-electron chi connectivity index (χ4n) is 2.73. The van der Waals surface area contributed by atoms with E-state index in [0.29, 0.717) is 18.0 Å². The van der Waals surface area contributed by atoms with Crippen LogP contribution in [0.15, 0.2) is 48.5 Å². The van der Waals surface area contributed by atoms with Crippen LogP contribution < -0.4 is 0 Å². The van der Waals surface area contributed by atoms with Gasteiger partial charge in [-0.2, -0.15) is 0 Å². The molecule has 2 saturated heterocycles. The number of hydrogen-bond donors (Lipinski definition) is 1. The van der Waals surface area contributed by atoms with E-state index in [1.54, 1.807) is 6.07 Å². The molecule has 0 radical (unpaired) electrons. The molecule has 4 heteroatoms. The van der Waals surface area contributed by atoms with Crippen LogP contribution in [0.5, 0.6) is 5.75 Å². The Morgan fingerprint density at radius 3 is 2.00 bits per heavy atom. The third-order valence-corrected chi connectivity index (χ3v) is 4.33. The van der Waals surface area contributed by atoms with Crippen molar-refractivity contribution in [3.8, 4) is 16.9 Å². The van der Waals surface area contributed by atoms with Crippen molar-refractivity contribution in [3.05, 3.63) is 54.1 Å². The molecule has 2 aliphatic rings. The zero-order valence-electron chi connectivity index (χ0n) is 15.8. The number of ether oxygens (including phenoxy) is 3. The maximum Gasteiger partial charge on any atom is 0.123 e. The molecule has 4 rings (SSSR count). The van der Waals surface area contributed by atoms with Gasteiger partial charge in [0.05, 0.1) is 26.4 Å². The first-order valence-corrected chi connectivity index (χ1v) is 9.14. The van der Waals surface area contributed by atoms with E-state index >= 15 is 0 Å². The number of epoxide rings is 2. The zero-order valence-corrected chi connectivity index (χ0v) is 15.8. The van der Waals surface area contributed by atoms with Crippen molar-refractivity contribution < 1.29 is 19.3 Å². The Kier molecular flexibility index (Phi) is 5.97. The molecule has 2 aliphatic heterocycles. The Balaban J connectivity index is 0.000000181. The van der Waals surface area contributed by atoms with Crippen LogP contribution in [0.1, 0.15) is 26.3 Å². The molecule has 2 fully saturated rings. The minimum atomic E-state index is 0.0178. The summed E-state index contributed by atoms with van der Waals surface area (Å²) in [5, 5.41) is 10.1. The number of phenols is 1. The molecule has 2 atom stereocenters. The first-order chi connectivity index (χ1) is 12.4. The fourth-order valence-corrected chi connectivity index (χ4v) is 2.73. The zero-order chi connectivity index (χ0) is 18.6. The molecule has 2 aromatic rings. The highest BCUT2D eigenvalue weighted by molar-refractivity contribution is 5.74. The van der Waals surface area contributed by atoms with Crippen LogP contribution in [-0.2, 0) is 19.6 Å². The molecule has 0 amide bonds. The number of rotatable bonds is 5. The summed E-state index contributed by atoms with van der Waals surface area (Å²) >= 11 is 0. The topological polar surface area (TPSA) is 54.5 Å². The van der Waals surface area contributed by atoms with E-state index in [1.807, 2.05) is 36.4 Å². The first kappa shape index (κ1) is 18.9. The highest BCUT2D eigenvalue weighted by Gasteiger charge is 2.26. The van der Waals surface area contributed by atoms with Crippen LogP contribution in [0, 0.1) is 0 Å². The molecule has 26 heavy (non-hydrogen) atoms. The third-order valence-electron chi connectivity index (χ3n) is 4.33. The van der Waals surface area contributed by atoms with Gasteiger partial charge in [-0.1, -0.05) is 63.2 Å². The summed E-state index contributed by atoms with van der Waals surface area (Å²) in [4.78, 5) is 0. The van der Waals surface area contributed by atoms with Crippen molar-refractivity contribution in [1.29, 1.82) is 0 Å². The molecule has 2 heterocycles. The van der Waals surface area contributed by atoms with Crippen LogP contribution >= 0.6 is 0 Å². The molecule has 1 N–H and O–H groups in total. The second kappa shape index (κ2) is 8.21. The van der Waals surface area contributed by atoms with Gasteiger partial charge in [0.2, 0.25) is 0 Å². The maximum absolute atomic E-state index is 10.1. The van der Waals surface area contributed by atoms with Gasteiger partial charge in [0, 0.05) is 5.56 Å². The predicted octanol–water partition coefficient (Wildman–Crippen LogP) is 4.16. The molecule has 0 spiro atoms. The van der Waals surface area contributed by atoms with Crippen molar-refractivity contribution >= 4 is 0 Å². The van der Waals surface area contributed by atoms with Crippen molar-refractivity contribution in [2.75, 3.05) is 26.4 Å². The van der Waals surface area contributed by atoms with E-state index in [0.717, 1.165) is 37.6 Å². The van der Waals surface area contributed by atoms with Crippen molar-refractivity contribution in [3.63, 3.8) is 0 Å². The van der Waals surface area contributed by atoms with Crippen molar-refractivity contribution in [2.45, 2.75) is 38.4 Å². The lowest BCUT2D eigenvalue weighted by Gasteiger charge is -2.23. The van der Waals surface area contributed by atoms with Crippen LogP contribution in [-0.4, -0.2) is 43.7 Å².